The fourth-order valence-electron chi connectivity index (χ4n) is 2.96. The minimum atomic E-state index is 0.163. The zero-order chi connectivity index (χ0) is 11.9. The maximum atomic E-state index is 9.17. The molecule has 0 aliphatic carbocycles. The molecule has 0 saturated carbocycles. The predicted molar refractivity (Wildman–Crippen MR) is 68.1 cm³/mol. The Hall–Kier alpha value is -1.02. The number of hydrogen-bond donors (Lipinski definition) is 1. The Morgan fingerprint density at radius 1 is 1.38 bits per heavy atom. The highest BCUT2D eigenvalue weighted by Gasteiger charge is 2.42. The fourth-order valence-corrected chi connectivity index (χ4v) is 2.96. The van der Waals surface area contributed by atoms with Crippen molar-refractivity contribution in [3.63, 3.8) is 0 Å². The fraction of sp³-hybridized carbons (Fsp3) is 0.571. The summed E-state index contributed by atoms with van der Waals surface area (Å²) in [6.45, 7) is 9.95. The van der Waals surface area contributed by atoms with Gasteiger partial charge in [0.1, 0.15) is 0 Å². The molecule has 1 N–H and O–H groups in total. The van der Waals surface area contributed by atoms with Crippen molar-refractivity contribution in [2.24, 2.45) is 0 Å². The van der Waals surface area contributed by atoms with Gasteiger partial charge in [0.05, 0.1) is 6.61 Å². The van der Waals surface area contributed by atoms with E-state index in [1.165, 1.54) is 16.8 Å². The monoisotopic (exact) mass is 219 g/mol. The summed E-state index contributed by atoms with van der Waals surface area (Å²) in [5.74, 6) is 0. The van der Waals surface area contributed by atoms with Gasteiger partial charge in [-0.15, -0.1) is 0 Å². The van der Waals surface area contributed by atoms with Gasteiger partial charge in [-0.2, -0.15) is 0 Å². The van der Waals surface area contributed by atoms with Crippen LogP contribution in [0.4, 0.5) is 5.69 Å². The lowest BCUT2D eigenvalue weighted by molar-refractivity contribution is 0.293. The van der Waals surface area contributed by atoms with Crippen molar-refractivity contribution in [3.8, 4) is 0 Å². The van der Waals surface area contributed by atoms with E-state index in [0.29, 0.717) is 6.04 Å². The van der Waals surface area contributed by atoms with Gasteiger partial charge >= 0.3 is 0 Å². The van der Waals surface area contributed by atoms with E-state index in [-0.39, 0.29) is 12.0 Å². The zero-order valence-corrected chi connectivity index (χ0v) is 10.6. The zero-order valence-electron chi connectivity index (χ0n) is 10.6. The average molecular weight is 219 g/mol. The van der Waals surface area contributed by atoms with Crippen LogP contribution in [-0.2, 0) is 5.41 Å². The van der Waals surface area contributed by atoms with Crippen LogP contribution in [0, 0.1) is 6.92 Å². The van der Waals surface area contributed by atoms with Gasteiger partial charge in [-0.3, -0.25) is 0 Å². The number of benzene rings is 1. The van der Waals surface area contributed by atoms with Gasteiger partial charge in [-0.05, 0) is 31.0 Å². The van der Waals surface area contributed by atoms with Gasteiger partial charge in [0.2, 0.25) is 0 Å². The van der Waals surface area contributed by atoms with Crippen molar-refractivity contribution < 1.29 is 5.11 Å². The lowest BCUT2D eigenvalue weighted by atomic mass is 9.79. The highest BCUT2D eigenvalue weighted by atomic mass is 16.3. The molecule has 2 rings (SSSR count). The standard InChI is InChI=1S/C14H21NO/c1-10-6-5-7-12-13(10)14(3,4)11(2)15(12)8-9-16/h5-7,11,16H,8-9H2,1-4H3. The molecule has 0 fully saturated rings. The number of anilines is 1. The Balaban J connectivity index is 2.56. The molecule has 1 aromatic rings. The van der Waals surface area contributed by atoms with Gasteiger partial charge in [-0.1, -0.05) is 26.0 Å². The van der Waals surface area contributed by atoms with Crippen LogP contribution in [0.2, 0.25) is 0 Å². The second kappa shape index (κ2) is 3.77. The number of nitrogens with zero attached hydrogens (tertiary/aromatic N) is 1. The van der Waals surface area contributed by atoms with Crippen molar-refractivity contribution in [2.75, 3.05) is 18.1 Å². The van der Waals surface area contributed by atoms with E-state index >= 15 is 0 Å². The third kappa shape index (κ3) is 1.44. The summed E-state index contributed by atoms with van der Waals surface area (Å²) >= 11 is 0. The molecule has 1 atom stereocenters. The minimum absolute atomic E-state index is 0.163. The summed E-state index contributed by atoms with van der Waals surface area (Å²) in [5, 5.41) is 9.17. The van der Waals surface area contributed by atoms with E-state index in [2.05, 4.69) is 50.8 Å². The molecular weight excluding hydrogens is 198 g/mol. The molecule has 1 aliphatic heterocycles. The summed E-state index contributed by atoms with van der Waals surface area (Å²) in [7, 11) is 0. The molecule has 0 saturated heterocycles. The predicted octanol–water partition coefficient (Wildman–Crippen LogP) is 2.47. The Labute approximate surface area is 97.9 Å². The van der Waals surface area contributed by atoms with Crippen LogP contribution in [0.1, 0.15) is 31.9 Å². The van der Waals surface area contributed by atoms with Gasteiger partial charge in [0.15, 0.2) is 0 Å². The first-order valence-corrected chi connectivity index (χ1v) is 5.97. The molecule has 2 nitrogen and oxygen atoms in total. The number of aliphatic hydroxyl groups excluding tert-OH is 1. The first kappa shape index (κ1) is 11.5. The molecule has 0 spiro atoms. The van der Waals surface area contributed by atoms with Gasteiger partial charge in [0.25, 0.3) is 0 Å². The number of fused-ring (bicyclic) bond motifs is 1. The van der Waals surface area contributed by atoms with Crippen LogP contribution in [0.15, 0.2) is 18.2 Å². The number of rotatable bonds is 2. The molecule has 1 heterocycles. The van der Waals surface area contributed by atoms with E-state index < -0.39 is 0 Å². The van der Waals surface area contributed by atoms with Crippen LogP contribution in [0.3, 0.4) is 0 Å². The van der Waals surface area contributed by atoms with Crippen molar-refractivity contribution in [1.29, 1.82) is 0 Å². The minimum Gasteiger partial charge on any atom is -0.395 e. The molecule has 2 heteroatoms. The Bertz CT molecular complexity index is 398. The molecule has 0 radical (unpaired) electrons. The smallest absolute Gasteiger partial charge is 0.0606 e. The molecule has 16 heavy (non-hydrogen) atoms. The normalized spacial score (nSPS) is 22.3. The SMILES string of the molecule is Cc1cccc2c1C(C)(C)C(C)N2CCO. The molecule has 0 aromatic heterocycles. The van der Waals surface area contributed by atoms with E-state index in [4.69, 9.17) is 5.11 Å². The van der Waals surface area contributed by atoms with Crippen LogP contribution in [-0.4, -0.2) is 24.3 Å². The highest BCUT2D eigenvalue weighted by Crippen LogP contribution is 2.46. The number of hydrogen-bond acceptors (Lipinski definition) is 2. The Morgan fingerprint density at radius 3 is 2.69 bits per heavy atom. The largest absolute Gasteiger partial charge is 0.395 e. The van der Waals surface area contributed by atoms with E-state index in [1.54, 1.807) is 0 Å². The van der Waals surface area contributed by atoms with Crippen LogP contribution in [0.25, 0.3) is 0 Å². The van der Waals surface area contributed by atoms with Crippen molar-refractivity contribution in [2.45, 2.75) is 39.2 Å². The van der Waals surface area contributed by atoms with Crippen LogP contribution < -0.4 is 4.90 Å². The second-order valence-electron chi connectivity index (χ2n) is 5.28. The molecule has 88 valence electrons. The number of aliphatic hydroxyl groups is 1. The Kier molecular flexibility index (Phi) is 2.70. The van der Waals surface area contributed by atoms with Crippen molar-refractivity contribution in [3.05, 3.63) is 29.3 Å². The first-order valence-electron chi connectivity index (χ1n) is 5.97. The Morgan fingerprint density at radius 2 is 2.06 bits per heavy atom. The first-order chi connectivity index (χ1) is 7.50. The molecule has 1 unspecified atom stereocenters. The summed E-state index contributed by atoms with van der Waals surface area (Å²) in [6.07, 6.45) is 0. The van der Waals surface area contributed by atoms with Gasteiger partial charge < -0.3 is 10.0 Å². The molecule has 0 bridgehead atoms. The maximum Gasteiger partial charge on any atom is 0.0606 e. The summed E-state index contributed by atoms with van der Waals surface area (Å²) in [6, 6.07) is 6.89. The third-order valence-corrected chi connectivity index (χ3v) is 4.06. The van der Waals surface area contributed by atoms with E-state index in [1.807, 2.05) is 0 Å². The molecule has 0 amide bonds. The molecule has 1 aliphatic rings. The maximum absolute atomic E-state index is 9.17. The van der Waals surface area contributed by atoms with Gasteiger partial charge in [0, 0.05) is 23.7 Å². The third-order valence-electron chi connectivity index (χ3n) is 4.06. The lowest BCUT2D eigenvalue weighted by Crippen LogP contribution is -2.40. The summed E-state index contributed by atoms with van der Waals surface area (Å²) in [4.78, 5) is 2.32. The summed E-state index contributed by atoms with van der Waals surface area (Å²) < 4.78 is 0. The topological polar surface area (TPSA) is 23.5 Å². The van der Waals surface area contributed by atoms with Crippen LogP contribution in [0.5, 0.6) is 0 Å². The van der Waals surface area contributed by atoms with Crippen LogP contribution >= 0.6 is 0 Å². The quantitative estimate of drug-likeness (QED) is 0.826. The van der Waals surface area contributed by atoms with E-state index in [0.717, 1.165) is 6.54 Å². The van der Waals surface area contributed by atoms with Gasteiger partial charge in [-0.25, -0.2) is 0 Å². The van der Waals surface area contributed by atoms with E-state index in [9.17, 15) is 0 Å². The second-order valence-corrected chi connectivity index (χ2v) is 5.28. The summed E-state index contributed by atoms with van der Waals surface area (Å²) in [5.41, 5.74) is 4.26. The highest BCUT2D eigenvalue weighted by molar-refractivity contribution is 5.66. The van der Waals surface area contributed by atoms with Crippen molar-refractivity contribution in [1.82, 2.24) is 0 Å². The average Bonchev–Trinajstić information content (AvgIpc) is 2.41. The van der Waals surface area contributed by atoms with Crippen molar-refractivity contribution >= 4 is 5.69 Å². The number of β-amino-alcohol motifs (C(OH)–C–C–N with tert-alkyl or cyclic N) is 1. The molecular formula is C14H21NO. The number of aryl methyl sites for hydroxylation is 1. The molecule has 1 aromatic carbocycles. The lowest BCUT2D eigenvalue weighted by Gasteiger charge is -2.31.